The van der Waals surface area contributed by atoms with E-state index in [9.17, 15) is 0 Å². The predicted octanol–water partition coefficient (Wildman–Crippen LogP) is 2.57. The van der Waals surface area contributed by atoms with E-state index in [4.69, 9.17) is 14.5 Å². The van der Waals surface area contributed by atoms with E-state index in [0.717, 1.165) is 63.0 Å². The van der Waals surface area contributed by atoms with Crippen molar-refractivity contribution in [3.63, 3.8) is 0 Å². The molecule has 2 saturated heterocycles. The van der Waals surface area contributed by atoms with Crippen LogP contribution >= 0.6 is 24.0 Å². The molecule has 4 aliphatic rings. The van der Waals surface area contributed by atoms with E-state index >= 15 is 0 Å². The number of hydrogen-bond donors (Lipinski definition) is 1. The molecule has 0 radical (unpaired) electrons. The lowest BCUT2D eigenvalue weighted by Gasteiger charge is -2.42. The molecule has 4 unspecified atom stereocenters. The molecule has 7 heteroatoms. The lowest BCUT2D eigenvalue weighted by molar-refractivity contribution is 0.0199. The van der Waals surface area contributed by atoms with Crippen LogP contribution in [0.1, 0.15) is 45.4 Å². The Morgan fingerprint density at radius 3 is 2.64 bits per heavy atom. The molecule has 4 atom stereocenters. The minimum absolute atomic E-state index is 0. The third-order valence-electron chi connectivity index (χ3n) is 6.94. The average molecular weight is 506 g/mol. The summed E-state index contributed by atoms with van der Waals surface area (Å²) in [5.41, 5.74) is 0. The highest BCUT2D eigenvalue weighted by molar-refractivity contribution is 14.0. The van der Waals surface area contributed by atoms with Gasteiger partial charge in [0.05, 0.1) is 25.9 Å². The lowest BCUT2D eigenvalue weighted by Crippen LogP contribution is -2.55. The van der Waals surface area contributed by atoms with Gasteiger partial charge in [0.25, 0.3) is 0 Å². The number of nitrogens with zero attached hydrogens (tertiary/aromatic N) is 3. The predicted molar refractivity (Wildman–Crippen MR) is 124 cm³/mol. The van der Waals surface area contributed by atoms with Crippen molar-refractivity contribution in [2.75, 3.05) is 59.1 Å². The molecule has 6 nitrogen and oxygen atoms in total. The molecule has 162 valence electrons. The molecule has 2 aliphatic heterocycles. The largest absolute Gasteiger partial charge is 0.377 e. The molecule has 0 aromatic rings. The number of ether oxygens (including phenoxy) is 2. The first-order valence-electron chi connectivity index (χ1n) is 11.3. The highest BCUT2D eigenvalue weighted by atomic mass is 127. The van der Waals surface area contributed by atoms with Crippen LogP contribution in [0.3, 0.4) is 0 Å². The topological polar surface area (TPSA) is 49.3 Å². The third-order valence-corrected chi connectivity index (χ3v) is 6.94. The molecule has 0 aromatic heterocycles. The van der Waals surface area contributed by atoms with Gasteiger partial charge in [-0.15, -0.1) is 24.0 Å². The Balaban J connectivity index is 0.00000225. The van der Waals surface area contributed by atoms with Crippen LogP contribution in [0.25, 0.3) is 0 Å². The van der Waals surface area contributed by atoms with Gasteiger partial charge in [0.1, 0.15) is 0 Å². The SMILES string of the molecule is CCNC(=NCCOCC1CCCO1)N1CCN(C2CC3CCC2C3)CC1.I. The zero-order valence-corrected chi connectivity index (χ0v) is 19.8. The van der Waals surface area contributed by atoms with Crippen LogP contribution in [0.15, 0.2) is 4.99 Å². The standard InChI is InChI=1S/C21H38N4O2.HI/c1-2-22-21(23-7-13-26-16-19-4-3-12-27-19)25-10-8-24(9-11-25)20-15-17-5-6-18(20)14-17;/h17-20H,2-16H2,1H3,(H,22,23);1H. The average Bonchev–Trinajstić information content (AvgIpc) is 3.45. The van der Waals surface area contributed by atoms with Crippen molar-refractivity contribution in [1.82, 2.24) is 15.1 Å². The molecular weight excluding hydrogens is 467 g/mol. The molecule has 0 spiro atoms. The first-order chi connectivity index (χ1) is 13.3. The third kappa shape index (κ3) is 5.73. The van der Waals surface area contributed by atoms with Gasteiger partial charge >= 0.3 is 0 Å². The fourth-order valence-electron chi connectivity index (χ4n) is 5.56. The second-order valence-electron chi connectivity index (χ2n) is 8.71. The van der Waals surface area contributed by atoms with Gasteiger partial charge in [-0.05, 0) is 50.9 Å². The number of aliphatic imine (C=N–C) groups is 1. The summed E-state index contributed by atoms with van der Waals surface area (Å²) in [5.74, 6) is 3.09. The molecule has 2 aliphatic carbocycles. The van der Waals surface area contributed by atoms with E-state index in [0.29, 0.717) is 19.3 Å². The number of fused-ring (bicyclic) bond motifs is 2. The van der Waals surface area contributed by atoms with Gasteiger partial charge in [-0.25, -0.2) is 0 Å². The monoisotopic (exact) mass is 506 g/mol. The molecule has 0 amide bonds. The Morgan fingerprint density at radius 1 is 1.14 bits per heavy atom. The smallest absolute Gasteiger partial charge is 0.194 e. The van der Waals surface area contributed by atoms with E-state index < -0.39 is 0 Å². The van der Waals surface area contributed by atoms with Crippen LogP contribution in [0.4, 0.5) is 0 Å². The lowest BCUT2D eigenvalue weighted by atomic mass is 9.93. The molecular formula is C21H39IN4O2. The van der Waals surface area contributed by atoms with Gasteiger partial charge < -0.3 is 19.7 Å². The van der Waals surface area contributed by atoms with Crippen LogP contribution in [-0.4, -0.2) is 87.0 Å². The Morgan fingerprint density at radius 2 is 2.00 bits per heavy atom. The number of halogens is 1. The van der Waals surface area contributed by atoms with E-state index in [1.54, 1.807) is 0 Å². The maximum absolute atomic E-state index is 5.76. The van der Waals surface area contributed by atoms with Gasteiger partial charge in [0.2, 0.25) is 0 Å². The number of nitrogens with one attached hydrogen (secondary N) is 1. The van der Waals surface area contributed by atoms with Gasteiger partial charge in [-0.2, -0.15) is 0 Å². The van der Waals surface area contributed by atoms with Gasteiger partial charge in [-0.1, -0.05) is 6.42 Å². The van der Waals surface area contributed by atoms with E-state index in [1.165, 1.54) is 45.2 Å². The van der Waals surface area contributed by atoms with Crippen molar-refractivity contribution in [3.8, 4) is 0 Å². The maximum Gasteiger partial charge on any atom is 0.194 e. The molecule has 2 heterocycles. The fourth-order valence-corrected chi connectivity index (χ4v) is 5.56. The van der Waals surface area contributed by atoms with Crippen LogP contribution in [0.2, 0.25) is 0 Å². The minimum atomic E-state index is 0. The summed E-state index contributed by atoms with van der Waals surface area (Å²) in [6.07, 6.45) is 8.55. The molecule has 4 fully saturated rings. The van der Waals surface area contributed by atoms with Crippen molar-refractivity contribution in [1.29, 1.82) is 0 Å². The van der Waals surface area contributed by atoms with E-state index in [2.05, 4.69) is 22.0 Å². The summed E-state index contributed by atoms with van der Waals surface area (Å²) >= 11 is 0. The minimum Gasteiger partial charge on any atom is -0.377 e. The zero-order valence-electron chi connectivity index (χ0n) is 17.5. The van der Waals surface area contributed by atoms with Crippen molar-refractivity contribution in [2.24, 2.45) is 16.8 Å². The summed E-state index contributed by atoms with van der Waals surface area (Å²) in [5, 5.41) is 3.47. The van der Waals surface area contributed by atoms with Crippen LogP contribution in [0, 0.1) is 11.8 Å². The van der Waals surface area contributed by atoms with Gasteiger partial charge in [0.15, 0.2) is 5.96 Å². The Kier molecular flexibility index (Phi) is 9.12. The summed E-state index contributed by atoms with van der Waals surface area (Å²) < 4.78 is 11.4. The Hall–Kier alpha value is -0.120. The fraction of sp³-hybridized carbons (Fsp3) is 0.952. The summed E-state index contributed by atoms with van der Waals surface area (Å²) in [7, 11) is 0. The van der Waals surface area contributed by atoms with Crippen molar-refractivity contribution in [3.05, 3.63) is 0 Å². The Bertz CT molecular complexity index is 493. The van der Waals surface area contributed by atoms with Gasteiger partial charge in [0, 0.05) is 45.4 Å². The normalized spacial score (nSPS) is 33.3. The molecule has 1 N–H and O–H groups in total. The van der Waals surface area contributed by atoms with Crippen molar-refractivity contribution in [2.45, 2.75) is 57.6 Å². The first-order valence-corrected chi connectivity index (χ1v) is 11.3. The quantitative estimate of drug-likeness (QED) is 0.249. The molecule has 28 heavy (non-hydrogen) atoms. The molecule has 0 aromatic carbocycles. The highest BCUT2D eigenvalue weighted by Crippen LogP contribution is 2.46. The van der Waals surface area contributed by atoms with Gasteiger partial charge in [-0.3, -0.25) is 9.89 Å². The number of rotatable bonds is 7. The molecule has 4 rings (SSSR count). The van der Waals surface area contributed by atoms with Crippen LogP contribution in [-0.2, 0) is 9.47 Å². The zero-order chi connectivity index (χ0) is 18.5. The highest BCUT2D eigenvalue weighted by Gasteiger charge is 2.42. The number of hydrogen-bond acceptors (Lipinski definition) is 4. The molecule has 2 bridgehead atoms. The van der Waals surface area contributed by atoms with Crippen molar-refractivity contribution >= 4 is 29.9 Å². The van der Waals surface area contributed by atoms with Crippen LogP contribution in [0.5, 0.6) is 0 Å². The number of guanidine groups is 1. The molecule has 2 saturated carbocycles. The maximum atomic E-state index is 5.76. The Labute approximate surface area is 187 Å². The van der Waals surface area contributed by atoms with Crippen molar-refractivity contribution < 1.29 is 9.47 Å². The van der Waals surface area contributed by atoms with Crippen LogP contribution < -0.4 is 5.32 Å². The first kappa shape index (κ1) is 22.6. The summed E-state index contributed by atoms with van der Waals surface area (Å²) in [4.78, 5) is 10.0. The van der Waals surface area contributed by atoms with E-state index in [1.807, 2.05) is 0 Å². The second kappa shape index (κ2) is 11.3. The summed E-state index contributed by atoms with van der Waals surface area (Å²) in [6, 6.07) is 0.872. The second-order valence-corrected chi connectivity index (χ2v) is 8.71. The summed E-state index contributed by atoms with van der Waals surface area (Å²) in [6.45, 7) is 10.6. The number of piperazine rings is 1. The van der Waals surface area contributed by atoms with E-state index in [-0.39, 0.29) is 24.0 Å².